The molecule has 0 fully saturated rings. The first-order valence-corrected chi connectivity index (χ1v) is 8.52. The number of ether oxygens (including phenoxy) is 1. The van der Waals surface area contributed by atoms with Crippen molar-refractivity contribution in [2.45, 2.75) is 17.9 Å². The van der Waals surface area contributed by atoms with E-state index in [1.54, 1.807) is 0 Å². The topological polar surface area (TPSA) is 92.7 Å². The highest BCUT2D eigenvalue weighted by molar-refractivity contribution is 7.89. The van der Waals surface area contributed by atoms with Crippen LogP contribution in [0.4, 0.5) is 0 Å². The lowest BCUT2D eigenvalue weighted by Crippen LogP contribution is -2.23. The van der Waals surface area contributed by atoms with Crippen LogP contribution in [0.3, 0.4) is 0 Å². The molecule has 23 heavy (non-hydrogen) atoms. The monoisotopic (exact) mass is 333 g/mol. The van der Waals surface area contributed by atoms with Crippen molar-refractivity contribution in [2.75, 3.05) is 6.61 Å². The van der Waals surface area contributed by atoms with Crippen molar-refractivity contribution in [3.05, 3.63) is 59.2 Å². The van der Waals surface area contributed by atoms with E-state index in [9.17, 15) is 13.2 Å². The summed E-state index contributed by atoms with van der Waals surface area (Å²) in [5, 5.41) is 8.83. The molecular weight excluding hydrogens is 318 g/mol. The Hall–Kier alpha value is -2.38. The highest BCUT2D eigenvalue weighted by Gasteiger charge is 2.16. The minimum Gasteiger partial charge on any atom is -0.493 e. The zero-order valence-electron chi connectivity index (χ0n) is 12.2. The van der Waals surface area contributed by atoms with E-state index in [0.717, 1.165) is 23.3 Å². The number of carboxylic acids is 1. The lowest BCUT2D eigenvalue weighted by molar-refractivity contribution is 0.0696. The van der Waals surface area contributed by atoms with Gasteiger partial charge in [-0.3, -0.25) is 0 Å². The van der Waals surface area contributed by atoms with Gasteiger partial charge in [-0.05, 0) is 41.5 Å². The van der Waals surface area contributed by atoms with Gasteiger partial charge >= 0.3 is 5.97 Å². The summed E-state index contributed by atoms with van der Waals surface area (Å²) in [6, 6.07) is 10.7. The summed E-state index contributed by atoms with van der Waals surface area (Å²) < 4.78 is 32.4. The van der Waals surface area contributed by atoms with Gasteiger partial charge in [-0.25, -0.2) is 17.9 Å². The standard InChI is InChI=1S/C16H15NO5S/c18-16(19)12-2-4-14(5-3-12)23(20,21)17-10-11-1-6-15-13(9-11)7-8-22-15/h1-6,9,17H,7-8,10H2,(H,18,19). The van der Waals surface area contributed by atoms with Crippen LogP contribution in [-0.2, 0) is 23.0 Å². The number of benzene rings is 2. The average molecular weight is 333 g/mol. The highest BCUT2D eigenvalue weighted by Crippen LogP contribution is 2.26. The van der Waals surface area contributed by atoms with Gasteiger partial charge in [0.2, 0.25) is 10.0 Å². The largest absolute Gasteiger partial charge is 0.493 e. The molecule has 120 valence electrons. The molecule has 3 rings (SSSR count). The van der Waals surface area contributed by atoms with Crippen LogP contribution in [0, 0.1) is 0 Å². The summed E-state index contributed by atoms with van der Waals surface area (Å²) in [5.41, 5.74) is 1.97. The molecule has 0 bridgehead atoms. The summed E-state index contributed by atoms with van der Waals surface area (Å²) in [6.45, 7) is 0.816. The summed E-state index contributed by atoms with van der Waals surface area (Å²) in [4.78, 5) is 10.8. The summed E-state index contributed by atoms with van der Waals surface area (Å²) in [6.07, 6.45) is 0.826. The van der Waals surface area contributed by atoms with Crippen LogP contribution < -0.4 is 9.46 Å². The van der Waals surface area contributed by atoms with Gasteiger partial charge in [-0.1, -0.05) is 12.1 Å². The van der Waals surface area contributed by atoms with Crippen LogP contribution in [0.5, 0.6) is 5.75 Å². The molecule has 2 N–H and O–H groups in total. The smallest absolute Gasteiger partial charge is 0.335 e. The maximum Gasteiger partial charge on any atom is 0.335 e. The van der Waals surface area contributed by atoms with Crippen LogP contribution in [0.15, 0.2) is 47.4 Å². The summed E-state index contributed by atoms with van der Waals surface area (Å²) in [5.74, 6) is -0.247. The minimum absolute atomic E-state index is 0.0343. The van der Waals surface area contributed by atoms with E-state index in [2.05, 4.69) is 4.72 Å². The first-order valence-electron chi connectivity index (χ1n) is 7.03. The zero-order chi connectivity index (χ0) is 16.4. The summed E-state index contributed by atoms with van der Waals surface area (Å²) >= 11 is 0. The van der Waals surface area contributed by atoms with Crippen molar-refractivity contribution < 1.29 is 23.1 Å². The Morgan fingerprint density at radius 2 is 1.91 bits per heavy atom. The molecule has 1 heterocycles. The molecule has 0 saturated heterocycles. The number of hydrogen-bond donors (Lipinski definition) is 2. The molecule has 0 aromatic heterocycles. The van der Waals surface area contributed by atoms with Gasteiger partial charge in [0, 0.05) is 13.0 Å². The van der Waals surface area contributed by atoms with Gasteiger partial charge in [0.15, 0.2) is 0 Å². The van der Waals surface area contributed by atoms with Crippen LogP contribution in [-0.4, -0.2) is 26.1 Å². The Kier molecular flexibility index (Phi) is 4.06. The molecule has 2 aromatic carbocycles. The third kappa shape index (κ3) is 3.35. The quantitative estimate of drug-likeness (QED) is 0.870. The molecule has 7 heteroatoms. The fourth-order valence-corrected chi connectivity index (χ4v) is 3.41. The minimum atomic E-state index is -3.69. The number of sulfonamides is 1. The molecule has 2 aromatic rings. The van der Waals surface area contributed by atoms with Crippen molar-refractivity contribution in [1.82, 2.24) is 4.72 Å². The van der Waals surface area contributed by atoms with E-state index < -0.39 is 16.0 Å². The first kappa shape index (κ1) is 15.5. The second-order valence-electron chi connectivity index (χ2n) is 5.19. The number of carboxylic acid groups (broad SMARTS) is 1. The SMILES string of the molecule is O=C(O)c1ccc(S(=O)(=O)NCc2ccc3c(c2)CCO3)cc1. The molecule has 0 saturated carbocycles. The number of rotatable bonds is 5. The average Bonchev–Trinajstić information content (AvgIpc) is 3.01. The predicted octanol–water partition coefficient (Wildman–Crippen LogP) is 1.80. The van der Waals surface area contributed by atoms with Gasteiger partial charge in [0.05, 0.1) is 17.1 Å². The number of nitrogens with one attached hydrogen (secondary N) is 1. The normalized spacial score (nSPS) is 13.4. The number of fused-ring (bicyclic) bond motifs is 1. The molecule has 1 aliphatic heterocycles. The molecular formula is C16H15NO5S. The molecule has 6 nitrogen and oxygen atoms in total. The van der Waals surface area contributed by atoms with Crippen LogP contribution in [0.1, 0.15) is 21.5 Å². The second-order valence-corrected chi connectivity index (χ2v) is 6.96. The number of aromatic carboxylic acids is 1. The Labute approximate surface area is 133 Å². The molecule has 1 aliphatic rings. The lowest BCUT2D eigenvalue weighted by atomic mass is 10.1. The first-order chi connectivity index (χ1) is 11.0. The maximum absolute atomic E-state index is 12.2. The van der Waals surface area contributed by atoms with Crippen molar-refractivity contribution in [1.29, 1.82) is 0 Å². The number of hydrogen-bond acceptors (Lipinski definition) is 4. The van der Waals surface area contributed by atoms with Crippen molar-refractivity contribution in [2.24, 2.45) is 0 Å². The van der Waals surface area contributed by atoms with Crippen molar-refractivity contribution in [3.63, 3.8) is 0 Å². The Morgan fingerprint density at radius 3 is 2.61 bits per heavy atom. The lowest BCUT2D eigenvalue weighted by Gasteiger charge is -2.08. The fourth-order valence-electron chi connectivity index (χ4n) is 2.39. The Balaban J connectivity index is 1.72. The van der Waals surface area contributed by atoms with Crippen molar-refractivity contribution >= 4 is 16.0 Å². The third-order valence-electron chi connectivity index (χ3n) is 3.63. The Morgan fingerprint density at radius 1 is 1.17 bits per heavy atom. The van der Waals surface area contributed by atoms with Crippen LogP contribution in [0.25, 0.3) is 0 Å². The molecule has 0 radical (unpaired) electrons. The van der Waals surface area contributed by atoms with E-state index in [4.69, 9.17) is 9.84 Å². The van der Waals surface area contributed by atoms with Crippen LogP contribution >= 0.6 is 0 Å². The molecule has 0 amide bonds. The maximum atomic E-state index is 12.2. The van der Waals surface area contributed by atoms with E-state index in [-0.39, 0.29) is 17.0 Å². The fraction of sp³-hybridized carbons (Fsp3) is 0.188. The van der Waals surface area contributed by atoms with Gasteiger partial charge in [0.25, 0.3) is 0 Å². The van der Waals surface area contributed by atoms with Crippen molar-refractivity contribution in [3.8, 4) is 5.75 Å². The third-order valence-corrected chi connectivity index (χ3v) is 5.05. The predicted molar refractivity (Wildman–Crippen MR) is 83.1 cm³/mol. The van der Waals surface area contributed by atoms with Gasteiger partial charge < -0.3 is 9.84 Å². The van der Waals surface area contributed by atoms with E-state index in [0.29, 0.717) is 6.61 Å². The highest BCUT2D eigenvalue weighted by atomic mass is 32.2. The zero-order valence-corrected chi connectivity index (χ0v) is 13.0. The summed E-state index contributed by atoms with van der Waals surface area (Å²) in [7, 11) is -3.69. The molecule has 0 unspecified atom stereocenters. The molecule has 0 spiro atoms. The van der Waals surface area contributed by atoms with Gasteiger partial charge in [0.1, 0.15) is 5.75 Å². The Bertz CT molecular complexity index is 843. The van der Waals surface area contributed by atoms with Gasteiger partial charge in [-0.2, -0.15) is 0 Å². The van der Waals surface area contributed by atoms with E-state index >= 15 is 0 Å². The van der Waals surface area contributed by atoms with E-state index in [1.165, 1.54) is 24.3 Å². The molecule has 0 aliphatic carbocycles. The molecule has 0 atom stereocenters. The number of carbonyl (C=O) groups is 1. The van der Waals surface area contributed by atoms with E-state index in [1.807, 2.05) is 18.2 Å². The second kappa shape index (κ2) is 6.02. The van der Waals surface area contributed by atoms with Gasteiger partial charge in [-0.15, -0.1) is 0 Å². The van der Waals surface area contributed by atoms with Crippen LogP contribution in [0.2, 0.25) is 0 Å².